The fourth-order valence-electron chi connectivity index (χ4n) is 3.26. The van der Waals surface area contributed by atoms with Crippen molar-refractivity contribution in [1.29, 1.82) is 0 Å². The summed E-state index contributed by atoms with van der Waals surface area (Å²) in [6, 6.07) is 29.3. The second-order valence-electron chi connectivity index (χ2n) is 6.42. The van der Waals surface area contributed by atoms with Gasteiger partial charge in [-0.15, -0.1) is 0 Å². The third-order valence-corrected chi connectivity index (χ3v) is 4.60. The van der Waals surface area contributed by atoms with Crippen LogP contribution in [0.5, 0.6) is 0 Å². The van der Waals surface area contributed by atoms with Crippen LogP contribution in [-0.4, -0.2) is 11.0 Å². The van der Waals surface area contributed by atoms with Gasteiger partial charge in [0.05, 0.1) is 0 Å². The van der Waals surface area contributed by atoms with Crippen LogP contribution in [0, 0.1) is 0 Å². The molecule has 0 aromatic heterocycles. The van der Waals surface area contributed by atoms with Gasteiger partial charge in [-0.1, -0.05) is 103 Å². The van der Waals surface area contributed by atoms with E-state index in [1.165, 1.54) is 22.3 Å². The molecule has 3 N–H and O–H groups in total. The Bertz CT molecular complexity index is 986. The van der Waals surface area contributed by atoms with Crippen LogP contribution >= 0.6 is 0 Å². The van der Waals surface area contributed by atoms with Gasteiger partial charge in [-0.25, -0.2) is 0 Å². The molecule has 3 aromatic rings. The smallest absolute Gasteiger partial charge is 0.162 e. The van der Waals surface area contributed by atoms with Gasteiger partial charge in [0.25, 0.3) is 0 Å². The molecular weight excluding hydrogens is 344 g/mol. The monoisotopic (exact) mass is 368 g/mol. The first-order valence-corrected chi connectivity index (χ1v) is 9.33. The number of rotatable bonds is 6. The average Bonchev–Trinajstić information content (AvgIpc) is 2.77. The Kier molecular flexibility index (Phi) is 6.42. The molecule has 0 heterocycles. The molecule has 0 bridgehead atoms. The maximum absolute atomic E-state index is 8.66. The van der Waals surface area contributed by atoms with E-state index in [2.05, 4.69) is 72.7 Å². The second-order valence-corrected chi connectivity index (χ2v) is 6.42. The quantitative estimate of drug-likeness (QED) is 0.189. The summed E-state index contributed by atoms with van der Waals surface area (Å²) in [5.74, 6) is 0.0753. The van der Waals surface area contributed by atoms with Crippen LogP contribution in [0.25, 0.3) is 17.2 Å². The van der Waals surface area contributed by atoms with Gasteiger partial charge in [0.1, 0.15) is 0 Å². The minimum Gasteiger partial charge on any atom is -0.409 e. The second kappa shape index (κ2) is 9.38. The van der Waals surface area contributed by atoms with Gasteiger partial charge in [0.15, 0.2) is 5.84 Å². The predicted octanol–water partition coefficient (Wildman–Crippen LogP) is 5.82. The highest BCUT2D eigenvalue weighted by molar-refractivity contribution is 5.99. The zero-order valence-electron chi connectivity index (χ0n) is 15.9. The van der Waals surface area contributed by atoms with Crippen molar-refractivity contribution in [3.8, 4) is 0 Å². The summed E-state index contributed by atoms with van der Waals surface area (Å²) in [6.45, 7) is 2.19. The molecule has 3 nitrogen and oxygen atoms in total. The normalized spacial score (nSPS) is 12.8. The highest BCUT2D eigenvalue weighted by Crippen LogP contribution is 2.34. The number of nitrogens with two attached hydrogens (primary N) is 1. The number of allylic oxidation sites excluding steroid dienone is 1. The lowest BCUT2D eigenvalue weighted by atomic mass is 9.88. The Morgan fingerprint density at radius 2 is 1.36 bits per heavy atom. The summed E-state index contributed by atoms with van der Waals surface area (Å²) in [5.41, 5.74) is 12.6. The summed E-state index contributed by atoms with van der Waals surface area (Å²) in [7, 11) is 0. The number of hydrogen-bond donors (Lipinski definition) is 2. The number of oxime groups is 1. The van der Waals surface area contributed by atoms with Crippen LogP contribution in [0.15, 0.2) is 96.2 Å². The minimum atomic E-state index is 0.0753. The summed E-state index contributed by atoms with van der Waals surface area (Å²) >= 11 is 0. The van der Waals surface area contributed by atoms with E-state index >= 15 is 0 Å². The van der Waals surface area contributed by atoms with Gasteiger partial charge in [-0.2, -0.15) is 0 Å². The zero-order valence-corrected chi connectivity index (χ0v) is 15.9. The topological polar surface area (TPSA) is 58.6 Å². The molecule has 0 spiro atoms. The lowest BCUT2D eigenvalue weighted by molar-refractivity contribution is 0.319. The zero-order chi connectivity index (χ0) is 19.8. The molecule has 0 aliphatic carbocycles. The number of benzene rings is 3. The van der Waals surface area contributed by atoms with Crippen LogP contribution in [0.1, 0.15) is 35.6 Å². The Balaban J connectivity index is 2.10. The van der Waals surface area contributed by atoms with E-state index in [-0.39, 0.29) is 5.84 Å². The number of amidine groups is 1. The number of nitrogens with zero attached hydrogens (tertiary/aromatic N) is 1. The molecule has 0 unspecified atom stereocenters. The molecule has 28 heavy (non-hydrogen) atoms. The van der Waals surface area contributed by atoms with Crippen molar-refractivity contribution in [2.75, 3.05) is 0 Å². The van der Waals surface area contributed by atoms with Crippen molar-refractivity contribution < 1.29 is 5.21 Å². The van der Waals surface area contributed by atoms with Gasteiger partial charge in [-0.3, -0.25) is 0 Å². The van der Waals surface area contributed by atoms with E-state index in [4.69, 9.17) is 10.9 Å². The molecule has 0 saturated carbocycles. The van der Waals surface area contributed by atoms with Crippen LogP contribution in [0.4, 0.5) is 0 Å². The fraction of sp³-hybridized carbons (Fsp3) is 0.0800. The van der Waals surface area contributed by atoms with Crippen LogP contribution < -0.4 is 5.73 Å². The van der Waals surface area contributed by atoms with Crippen LogP contribution in [0.2, 0.25) is 0 Å². The van der Waals surface area contributed by atoms with Gasteiger partial charge in [0, 0.05) is 0 Å². The van der Waals surface area contributed by atoms with E-state index in [1.54, 1.807) is 6.08 Å². The fourth-order valence-corrected chi connectivity index (χ4v) is 3.26. The van der Waals surface area contributed by atoms with E-state index < -0.39 is 0 Å². The maximum Gasteiger partial charge on any atom is 0.162 e. The van der Waals surface area contributed by atoms with Crippen molar-refractivity contribution in [2.24, 2.45) is 10.9 Å². The molecule has 0 saturated heterocycles. The minimum absolute atomic E-state index is 0.0753. The lowest BCUT2D eigenvalue weighted by Gasteiger charge is -2.16. The number of hydrogen-bond acceptors (Lipinski definition) is 2. The molecule has 0 amide bonds. The van der Waals surface area contributed by atoms with Crippen molar-refractivity contribution in [1.82, 2.24) is 0 Å². The van der Waals surface area contributed by atoms with Crippen molar-refractivity contribution in [2.45, 2.75) is 13.3 Å². The molecule has 3 heteroatoms. The largest absolute Gasteiger partial charge is 0.409 e. The first-order chi connectivity index (χ1) is 13.7. The van der Waals surface area contributed by atoms with E-state index in [0.717, 1.165) is 17.5 Å². The Hall–Kier alpha value is -3.59. The summed E-state index contributed by atoms with van der Waals surface area (Å²) in [5, 5.41) is 11.6. The standard InChI is InChI=1S/C25H24N2O/c1-2-23(20-9-5-3-6-10-20)25(21-11-7-4-8-12-21)22-16-13-19(14-17-22)15-18-24(26)27-28/h3-18,28H,2H2,1H3,(H2,26,27). The SMILES string of the molecule is CCC(=C(c1ccccc1)c1ccc(C=CC(N)=NO)cc1)c1ccccc1. The van der Waals surface area contributed by atoms with E-state index in [0.29, 0.717) is 0 Å². The Labute approximate surface area is 166 Å². The van der Waals surface area contributed by atoms with Crippen molar-refractivity contribution >= 4 is 23.1 Å². The van der Waals surface area contributed by atoms with Crippen molar-refractivity contribution in [3.05, 3.63) is 113 Å². The lowest BCUT2D eigenvalue weighted by Crippen LogP contribution is -2.06. The predicted molar refractivity (Wildman–Crippen MR) is 118 cm³/mol. The molecule has 0 aliphatic heterocycles. The molecule has 0 atom stereocenters. The van der Waals surface area contributed by atoms with E-state index in [1.807, 2.05) is 30.3 Å². The highest BCUT2D eigenvalue weighted by Gasteiger charge is 2.12. The van der Waals surface area contributed by atoms with Crippen LogP contribution in [-0.2, 0) is 0 Å². The van der Waals surface area contributed by atoms with Gasteiger partial charge in [-0.05, 0) is 45.9 Å². The van der Waals surface area contributed by atoms with E-state index in [9.17, 15) is 0 Å². The molecule has 0 fully saturated rings. The maximum atomic E-state index is 8.66. The van der Waals surface area contributed by atoms with Gasteiger partial charge in [0.2, 0.25) is 0 Å². The van der Waals surface area contributed by atoms with Gasteiger partial charge < -0.3 is 10.9 Å². The molecular formula is C25H24N2O. The molecule has 0 aliphatic rings. The third kappa shape index (κ3) is 4.57. The summed E-state index contributed by atoms with van der Waals surface area (Å²) in [4.78, 5) is 0. The summed E-state index contributed by atoms with van der Waals surface area (Å²) < 4.78 is 0. The van der Waals surface area contributed by atoms with Crippen molar-refractivity contribution in [3.63, 3.8) is 0 Å². The first-order valence-electron chi connectivity index (χ1n) is 9.33. The molecule has 140 valence electrons. The first kappa shape index (κ1) is 19.2. The van der Waals surface area contributed by atoms with Gasteiger partial charge >= 0.3 is 0 Å². The Morgan fingerprint density at radius 3 is 1.89 bits per heavy atom. The van der Waals surface area contributed by atoms with Crippen LogP contribution in [0.3, 0.4) is 0 Å². The summed E-state index contributed by atoms with van der Waals surface area (Å²) in [6.07, 6.45) is 4.33. The third-order valence-electron chi connectivity index (χ3n) is 4.60. The molecule has 3 aromatic carbocycles. The molecule has 0 radical (unpaired) electrons. The Morgan fingerprint density at radius 1 is 0.821 bits per heavy atom. The average molecular weight is 368 g/mol. The highest BCUT2D eigenvalue weighted by atomic mass is 16.4. The molecule has 3 rings (SSSR count).